The lowest BCUT2D eigenvalue weighted by Crippen LogP contribution is -2.08. The van der Waals surface area contributed by atoms with Gasteiger partial charge in [0.05, 0.1) is 19.0 Å². The Morgan fingerprint density at radius 3 is 2.73 bits per heavy atom. The summed E-state index contributed by atoms with van der Waals surface area (Å²) in [6, 6.07) is 0. The second-order valence-corrected chi connectivity index (χ2v) is 2.59. The number of hydrogen-bond donors (Lipinski definition) is 1. The van der Waals surface area contributed by atoms with Gasteiger partial charge < -0.3 is 14.6 Å². The predicted octanol–water partition coefficient (Wildman–Crippen LogP) is 0.590. The van der Waals surface area contributed by atoms with Crippen LogP contribution in [-0.4, -0.2) is 40.9 Å². The number of hydrogen-bond acceptors (Lipinski definition) is 5. The highest BCUT2D eigenvalue weighted by Crippen LogP contribution is 2.03. The van der Waals surface area contributed by atoms with Crippen LogP contribution in [-0.2, 0) is 4.74 Å². The molecule has 1 aromatic rings. The molecule has 0 radical (unpaired) electrons. The summed E-state index contributed by atoms with van der Waals surface area (Å²) in [5.41, 5.74) is -0.104. The normalized spacial score (nSPS) is 9.93. The quantitative estimate of drug-likeness (QED) is 0.695. The van der Waals surface area contributed by atoms with Crippen LogP contribution in [0.5, 0.6) is 5.88 Å². The Morgan fingerprint density at radius 2 is 2.20 bits per heavy atom. The molecule has 0 aliphatic rings. The molecule has 0 aliphatic carbocycles. The molecule has 0 aliphatic heterocycles. The third kappa shape index (κ3) is 3.90. The zero-order valence-corrected chi connectivity index (χ0v) is 8.34. The maximum absolute atomic E-state index is 10.4. The lowest BCUT2D eigenvalue weighted by atomic mass is 10.5. The Bertz CT molecular complexity index is 312. The van der Waals surface area contributed by atoms with E-state index in [2.05, 4.69) is 9.97 Å². The Kier molecular flexibility index (Phi) is 4.49. The summed E-state index contributed by atoms with van der Waals surface area (Å²) >= 11 is 0. The van der Waals surface area contributed by atoms with E-state index in [1.165, 1.54) is 6.20 Å². The van der Waals surface area contributed by atoms with Crippen LogP contribution >= 0.6 is 0 Å². The van der Waals surface area contributed by atoms with Crippen LogP contribution in [0.4, 0.5) is 0 Å². The third-order valence-electron chi connectivity index (χ3n) is 1.53. The Labute approximate surface area is 86.9 Å². The van der Waals surface area contributed by atoms with Gasteiger partial charge >= 0.3 is 5.97 Å². The Hall–Kier alpha value is -1.69. The molecule has 0 spiro atoms. The van der Waals surface area contributed by atoms with Crippen molar-refractivity contribution in [3.05, 3.63) is 18.1 Å². The fourth-order valence-electron chi connectivity index (χ4n) is 0.851. The number of aromatic carboxylic acids is 1. The number of nitrogens with zero attached hydrogens (tertiary/aromatic N) is 2. The molecule has 15 heavy (non-hydrogen) atoms. The summed E-state index contributed by atoms with van der Waals surface area (Å²) in [6.07, 6.45) is 2.42. The highest BCUT2D eigenvalue weighted by Gasteiger charge is 2.04. The highest BCUT2D eigenvalue weighted by molar-refractivity contribution is 5.84. The molecule has 0 aromatic carbocycles. The zero-order chi connectivity index (χ0) is 11.1. The first kappa shape index (κ1) is 11.4. The van der Waals surface area contributed by atoms with E-state index in [0.29, 0.717) is 25.7 Å². The summed E-state index contributed by atoms with van der Waals surface area (Å²) in [5.74, 6) is -0.817. The number of carbonyl (C=O) groups is 1. The first-order valence-corrected chi connectivity index (χ1v) is 4.50. The van der Waals surface area contributed by atoms with E-state index in [4.69, 9.17) is 14.6 Å². The van der Waals surface area contributed by atoms with E-state index in [1.54, 1.807) is 0 Å². The van der Waals surface area contributed by atoms with Crippen molar-refractivity contribution in [3.8, 4) is 5.88 Å². The van der Waals surface area contributed by atoms with Gasteiger partial charge in [-0.15, -0.1) is 0 Å². The average molecular weight is 212 g/mol. The second kappa shape index (κ2) is 5.92. The molecule has 0 fully saturated rings. The second-order valence-electron chi connectivity index (χ2n) is 2.59. The standard InChI is InChI=1S/C9H12N2O4/c1-2-14-3-4-15-8-6-10-7(5-11-8)9(12)13/h5-6H,2-4H2,1H3,(H,12,13). The van der Waals surface area contributed by atoms with Gasteiger partial charge in [0.1, 0.15) is 6.61 Å². The lowest BCUT2D eigenvalue weighted by Gasteiger charge is -2.04. The molecule has 1 N–H and O–H groups in total. The molecule has 1 aromatic heterocycles. The summed E-state index contributed by atoms with van der Waals surface area (Å²) in [6.45, 7) is 3.36. The van der Waals surface area contributed by atoms with Crippen LogP contribution in [0.1, 0.15) is 17.4 Å². The minimum absolute atomic E-state index is 0.104. The Morgan fingerprint density at radius 1 is 1.40 bits per heavy atom. The van der Waals surface area contributed by atoms with E-state index in [-0.39, 0.29) is 5.69 Å². The average Bonchev–Trinajstić information content (AvgIpc) is 2.25. The molecular formula is C9H12N2O4. The highest BCUT2D eigenvalue weighted by atomic mass is 16.5. The third-order valence-corrected chi connectivity index (χ3v) is 1.53. The fraction of sp³-hybridized carbons (Fsp3) is 0.444. The van der Waals surface area contributed by atoms with E-state index in [1.807, 2.05) is 6.92 Å². The molecule has 82 valence electrons. The van der Waals surface area contributed by atoms with E-state index in [0.717, 1.165) is 6.20 Å². The minimum atomic E-state index is -1.11. The molecular weight excluding hydrogens is 200 g/mol. The van der Waals surface area contributed by atoms with Crippen LogP contribution in [0.3, 0.4) is 0 Å². The van der Waals surface area contributed by atoms with E-state index < -0.39 is 5.97 Å². The molecule has 6 nitrogen and oxygen atoms in total. The molecule has 0 saturated carbocycles. The van der Waals surface area contributed by atoms with Crippen molar-refractivity contribution in [1.29, 1.82) is 0 Å². The van der Waals surface area contributed by atoms with Crippen molar-refractivity contribution in [2.24, 2.45) is 0 Å². The Balaban J connectivity index is 2.39. The lowest BCUT2D eigenvalue weighted by molar-refractivity contribution is 0.0689. The van der Waals surface area contributed by atoms with Crippen molar-refractivity contribution >= 4 is 5.97 Å². The molecule has 1 rings (SSSR count). The zero-order valence-electron chi connectivity index (χ0n) is 8.34. The van der Waals surface area contributed by atoms with E-state index >= 15 is 0 Å². The summed E-state index contributed by atoms with van der Waals surface area (Å²) in [5, 5.41) is 8.56. The molecule has 6 heteroatoms. The van der Waals surface area contributed by atoms with Crippen LogP contribution < -0.4 is 4.74 Å². The number of carboxylic acids is 1. The van der Waals surface area contributed by atoms with Crippen LogP contribution in [0.2, 0.25) is 0 Å². The largest absolute Gasteiger partial charge is 0.476 e. The molecule has 0 saturated heterocycles. The van der Waals surface area contributed by atoms with Gasteiger partial charge in [-0.1, -0.05) is 0 Å². The summed E-state index contributed by atoms with van der Waals surface area (Å²) in [4.78, 5) is 17.9. The molecule has 1 heterocycles. The van der Waals surface area contributed by atoms with Crippen molar-refractivity contribution in [1.82, 2.24) is 9.97 Å². The van der Waals surface area contributed by atoms with Gasteiger partial charge in [-0.3, -0.25) is 0 Å². The monoisotopic (exact) mass is 212 g/mol. The summed E-state index contributed by atoms with van der Waals surface area (Å²) in [7, 11) is 0. The van der Waals surface area contributed by atoms with Crippen molar-refractivity contribution in [3.63, 3.8) is 0 Å². The minimum Gasteiger partial charge on any atom is -0.476 e. The van der Waals surface area contributed by atoms with Gasteiger partial charge in [-0.05, 0) is 6.92 Å². The van der Waals surface area contributed by atoms with Gasteiger partial charge in [-0.25, -0.2) is 14.8 Å². The fourth-order valence-corrected chi connectivity index (χ4v) is 0.851. The molecule has 0 amide bonds. The molecule has 0 atom stereocenters. The number of aromatic nitrogens is 2. The summed E-state index contributed by atoms with van der Waals surface area (Å²) < 4.78 is 10.2. The predicted molar refractivity (Wildman–Crippen MR) is 51.0 cm³/mol. The first-order chi connectivity index (χ1) is 7.24. The number of ether oxygens (including phenoxy) is 2. The van der Waals surface area contributed by atoms with Crippen molar-refractivity contribution in [2.45, 2.75) is 6.92 Å². The molecule has 0 bridgehead atoms. The van der Waals surface area contributed by atoms with Gasteiger partial charge in [-0.2, -0.15) is 0 Å². The maximum atomic E-state index is 10.4. The van der Waals surface area contributed by atoms with Gasteiger partial charge in [0.25, 0.3) is 0 Å². The van der Waals surface area contributed by atoms with Gasteiger partial charge in [0.2, 0.25) is 5.88 Å². The molecule has 0 unspecified atom stereocenters. The topological polar surface area (TPSA) is 81.5 Å². The van der Waals surface area contributed by atoms with Crippen molar-refractivity contribution in [2.75, 3.05) is 19.8 Å². The van der Waals surface area contributed by atoms with Crippen LogP contribution in [0.15, 0.2) is 12.4 Å². The number of carboxylic acid groups (broad SMARTS) is 1. The maximum Gasteiger partial charge on any atom is 0.356 e. The van der Waals surface area contributed by atoms with Gasteiger partial charge in [0, 0.05) is 6.61 Å². The van der Waals surface area contributed by atoms with Gasteiger partial charge in [0.15, 0.2) is 5.69 Å². The van der Waals surface area contributed by atoms with Crippen LogP contribution in [0.25, 0.3) is 0 Å². The smallest absolute Gasteiger partial charge is 0.356 e. The number of rotatable bonds is 6. The first-order valence-electron chi connectivity index (χ1n) is 4.50. The van der Waals surface area contributed by atoms with E-state index in [9.17, 15) is 4.79 Å². The van der Waals surface area contributed by atoms with Crippen molar-refractivity contribution < 1.29 is 19.4 Å². The van der Waals surface area contributed by atoms with Crippen LogP contribution in [0, 0.1) is 0 Å². The SMILES string of the molecule is CCOCCOc1cnc(C(=O)O)cn1.